The second kappa shape index (κ2) is 10.7. The minimum atomic E-state index is 0. The second-order valence-electron chi connectivity index (χ2n) is 4.83. The molecule has 0 spiro atoms. The highest BCUT2D eigenvalue weighted by molar-refractivity contribution is 6.33. The van der Waals surface area contributed by atoms with E-state index in [4.69, 9.17) is 23.2 Å². The second-order valence-corrected chi connectivity index (χ2v) is 5.68. The van der Waals surface area contributed by atoms with Gasteiger partial charge in [0.2, 0.25) is 0 Å². The van der Waals surface area contributed by atoms with Crippen LogP contribution in [0.4, 0.5) is 0 Å². The number of piperazine rings is 1. The summed E-state index contributed by atoms with van der Waals surface area (Å²) < 4.78 is 0. The Labute approximate surface area is 149 Å². The minimum absolute atomic E-state index is 0. The van der Waals surface area contributed by atoms with Crippen molar-refractivity contribution in [3.63, 3.8) is 0 Å². The average Bonchev–Trinajstić information content (AvgIpc) is 2.44. The normalized spacial score (nSPS) is 16.5. The van der Waals surface area contributed by atoms with E-state index in [1.54, 1.807) is 0 Å². The van der Waals surface area contributed by atoms with Crippen LogP contribution in [0.5, 0.6) is 0 Å². The lowest BCUT2D eigenvalue weighted by molar-refractivity contribution is 0.166. The summed E-state index contributed by atoms with van der Waals surface area (Å²) in [6, 6.07) is 6.06. The molecule has 0 radical (unpaired) electrons. The summed E-state index contributed by atoms with van der Waals surface area (Å²) in [6.07, 6.45) is 3.98. The predicted octanol–water partition coefficient (Wildman–Crippen LogP) is 4.75. The van der Waals surface area contributed by atoms with E-state index in [9.17, 15) is 0 Å². The highest BCUT2D eigenvalue weighted by Crippen LogP contribution is 2.33. The lowest BCUT2D eigenvalue weighted by Gasteiger charge is -2.35. The Bertz CT molecular complexity index is 434. The van der Waals surface area contributed by atoms with Crippen molar-refractivity contribution in [3.8, 4) is 0 Å². The molecule has 0 aromatic heterocycles. The standard InChI is InChI=1S/C15H20Cl2N2.2ClH/c1-2-3-4-15(19-9-7-18-8-10-19)13-11-12(16)5-6-14(13)17;;/h2,5-6,11,15,18H,1,3-4,7-10H2;2*1H/t15-;;/m0../s1. The summed E-state index contributed by atoms with van der Waals surface area (Å²) in [6.45, 7) is 7.98. The first-order valence-electron chi connectivity index (χ1n) is 6.73. The van der Waals surface area contributed by atoms with Crippen LogP contribution in [0.3, 0.4) is 0 Å². The Balaban J connectivity index is 0.00000200. The summed E-state index contributed by atoms with van der Waals surface area (Å²) in [4.78, 5) is 2.48. The molecule has 1 saturated heterocycles. The van der Waals surface area contributed by atoms with Gasteiger partial charge in [-0.25, -0.2) is 0 Å². The van der Waals surface area contributed by atoms with Crippen LogP contribution < -0.4 is 5.32 Å². The molecule has 120 valence electrons. The van der Waals surface area contributed by atoms with Crippen LogP contribution in [0.25, 0.3) is 0 Å². The molecule has 0 bridgehead atoms. The van der Waals surface area contributed by atoms with E-state index in [-0.39, 0.29) is 24.8 Å². The SMILES string of the molecule is C=CCC[C@@H](c1cc(Cl)ccc1Cl)N1CCNCC1.Cl.Cl. The number of hydrogen-bond donors (Lipinski definition) is 1. The zero-order valence-electron chi connectivity index (χ0n) is 11.9. The van der Waals surface area contributed by atoms with Crippen molar-refractivity contribution >= 4 is 48.0 Å². The van der Waals surface area contributed by atoms with Crippen LogP contribution in [0.15, 0.2) is 30.9 Å². The first-order valence-corrected chi connectivity index (χ1v) is 7.48. The van der Waals surface area contributed by atoms with E-state index in [1.807, 2.05) is 24.3 Å². The molecule has 1 aromatic carbocycles. The van der Waals surface area contributed by atoms with E-state index >= 15 is 0 Å². The van der Waals surface area contributed by atoms with Crippen molar-refractivity contribution in [2.45, 2.75) is 18.9 Å². The first kappa shape index (κ1) is 21.0. The third-order valence-corrected chi connectivity index (χ3v) is 4.13. The van der Waals surface area contributed by atoms with Gasteiger partial charge in [0, 0.05) is 42.3 Å². The van der Waals surface area contributed by atoms with Gasteiger partial charge in [0.15, 0.2) is 0 Å². The van der Waals surface area contributed by atoms with Crippen LogP contribution in [0.2, 0.25) is 10.0 Å². The van der Waals surface area contributed by atoms with E-state index < -0.39 is 0 Å². The van der Waals surface area contributed by atoms with Crippen LogP contribution in [0.1, 0.15) is 24.4 Å². The molecule has 21 heavy (non-hydrogen) atoms. The van der Waals surface area contributed by atoms with Gasteiger partial charge in [0.1, 0.15) is 0 Å². The van der Waals surface area contributed by atoms with Crippen molar-refractivity contribution in [1.29, 1.82) is 0 Å². The van der Waals surface area contributed by atoms with Crippen molar-refractivity contribution < 1.29 is 0 Å². The van der Waals surface area contributed by atoms with E-state index in [1.165, 1.54) is 0 Å². The van der Waals surface area contributed by atoms with Crippen LogP contribution in [0, 0.1) is 0 Å². The van der Waals surface area contributed by atoms with Crippen LogP contribution >= 0.6 is 48.0 Å². The maximum atomic E-state index is 6.36. The summed E-state index contributed by atoms with van der Waals surface area (Å²) in [5, 5.41) is 4.93. The molecule has 0 saturated carbocycles. The summed E-state index contributed by atoms with van der Waals surface area (Å²) >= 11 is 12.5. The monoisotopic (exact) mass is 370 g/mol. The summed E-state index contributed by atoms with van der Waals surface area (Å²) in [7, 11) is 0. The molecule has 2 nitrogen and oxygen atoms in total. The van der Waals surface area contributed by atoms with Gasteiger partial charge in [-0.3, -0.25) is 4.90 Å². The van der Waals surface area contributed by atoms with Crippen molar-refractivity contribution in [2.75, 3.05) is 26.2 Å². The first-order chi connectivity index (χ1) is 9.22. The molecule has 0 amide bonds. The number of nitrogens with one attached hydrogen (secondary N) is 1. The molecule has 6 heteroatoms. The van der Waals surface area contributed by atoms with E-state index in [0.29, 0.717) is 6.04 Å². The molecule has 1 aromatic rings. The molecule has 1 aliphatic rings. The average molecular weight is 372 g/mol. The number of hydrogen-bond acceptors (Lipinski definition) is 2. The van der Waals surface area contributed by atoms with Gasteiger partial charge in [0.05, 0.1) is 0 Å². The lowest BCUT2D eigenvalue weighted by atomic mass is 9.99. The molecule has 1 aliphatic heterocycles. The van der Waals surface area contributed by atoms with Gasteiger partial charge < -0.3 is 5.32 Å². The molecular formula is C15H22Cl4N2. The topological polar surface area (TPSA) is 15.3 Å². The number of halogens is 4. The zero-order valence-corrected chi connectivity index (χ0v) is 15.0. The minimum Gasteiger partial charge on any atom is -0.314 e. The van der Waals surface area contributed by atoms with Crippen LogP contribution in [-0.4, -0.2) is 31.1 Å². The Hall–Kier alpha value is 0.0400. The van der Waals surface area contributed by atoms with Crippen molar-refractivity contribution in [1.82, 2.24) is 10.2 Å². The largest absolute Gasteiger partial charge is 0.314 e. The third-order valence-electron chi connectivity index (χ3n) is 3.55. The Morgan fingerprint density at radius 3 is 2.52 bits per heavy atom. The fourth-order valence-corrected chi connectivity index (χ4v) is 3.00. The predicted molar refractivity (Wildman–Crippen MR) is 97.6 cm³/mol. The fraction of sp³-hybridized carbons (Fsp3) is 0.467. The number of rotatable bonds is 5. The van der Waals surface area contributed by atoms with Crippen LogP contribution in [-0.2, 0) is 0 Å². The Kier molecular flexibility index (Phi) is 10.7. The van der Waals surface area contributed by atoms with Gasteiger partial charge in [0.25, 0.3) is 0 Å². The molecule has 1 fully saturated rings. The summed E-state index contributed by atoms with van der Waals surface area (Å²) in [5.41, 5.74) is 1.14. The number of benzene rings is 1. The summed E-state index contributed by atoms with van der Waals surface area (Å²) in [5.74, 6) is 0. The quantitative estimate of drug-likeness (QED) is 0.751. The van der Waals surface area contributed by atoms with Crippen molar-refractivity contribution in [3.05, 3.63) is 46.5 Å². The molecule has 0 aliphatic carbocycles. The van der Waals surface area contributed by atoms with Gasteiger partial charge >= 0.3 is 0 Å². The fourth-order valence-electron chi connectivity index (χ4n) is 2.57. The molecule has 2 rings (SSSR count). The molecule has 1 atom stereocenters. The highest BCUT2D eigenvalue weighted by atomic mass is 35.5. The highest BCUT2D eigenvalue weighted by Gasteiger charge is 2.23. The Morgan fingerprint density at radius 2 is 1.90 bits per heavy atom. The lowest BCUT2D eigenvalue weighted by Crippen LogP contribution is -2.45. The molecule has 1 heterocycles. The zero-order chi connectivity index (χ0) is 13.7. The molecular weight excluding hydrogens is 350 g/mol. The smallest absolute Gasteiger partial charge is 0.0454 e. The van der Waals surface area contributed by atoms with Gasteiger partial charge in [-0.05, 0) is 36.6 Å². The number of allylic oxidation sites excluding steroid dienone is 1. The number of nitrogens with zero attached hydrogens (tertiary/aromatic N) is 1. The molecule has 1 N–H and O–H groups in total. The van der Waals surface area contributed by atoms with E-state index in [0.717, 1.165) is 54.6 Å². The Morgan fingerprint density at radius 1 is 1.24 bits per heavy atom. The van der Waals surface area contributed by atoms with Gasteiger partial charge in [-0.15, -0.1) is 31.4 Å². The van der Waals surface area contributed by atoms with E-state index in [2.05, 4.69) is 16.8 Å². The maximum Gasteiger partial charge on any atom is 0.0454 e. The van der Waals surface area contributed by atoms with Crippen molar-refractivity contribution in [2.24, 2.45) is 0 Å². The maximum absolute atomic E-state index is 6.36. The van der Waals surface area contributed by atoms with Gasteiger partial charge in [-0.2, -0.15) is 0 Å². The molecule has 0 unspecified atom stereocenters. The van der Waals surface area contributed by atoms with Gasteiger partial charge in [-0.1, -0.05) is 29.3 Å². The third kappa shape index (κ3) is 5.97.